The number of anilines is 3. The molecule has 0 unspecified atom stereocenters. The van der Waals surface area contributed by atoms with E-state index in [0.29, 0.717) is 0 Å². The van der Waals surface area contributed by atoms with Gasteiger partial charge in [-0.25, -0.2) is 0 Å². The highest BCUT2D eigenvalue weighted by Gasteiger charge is 2.42. The van der Waals surface area contributed by atoms with Crippen molar-refractivity contribution < 1.29 is 4.42 Å². The maximum absolute atomic E-state index is 6.77. The van der Waals surface area contributed by atoms with Crippen LogP contribution in [0.5, 0.6) is 0 Å². The van der Waals surface area contributed by atoms with Crippen molar-refractivity contribution in [1.82, 2.24) is 4.57 Å². The molecule has 0 bridgehead atoms. The largest absolute Gasteiger partial charge is 0.456 e. The minimum Gasteiger partial charge on any atom is -0.456 e. The van der Waals surface area contributed by atoms with E-state index in [9.17, 15) is 0 Å². The number of furan rings is 1. The standard InChI is InChI=1S/C54H40N2O/c1-53(2)42-23-14-13-22-38(42)40-32-48-41(31-44(40)53)50-45(24-15-25-47(50)57-48)55(34-17-7-5-8-18-34)36-27-28-39-46(30-36)56(35-19-9-6-10-20-35)52-49-37-21-12-11-16-33(37)26-29-43(49)54(3,4)51(39)52/h5-32H,1-4H3. The molecule has 10 aromatic rings. The number of para-hydroxylation sites is 2. The van der Waals surface area contributed by atoms with E-state index in [-0.39, 0.29) is 10.8 Å². The number of rotatable bonds is 4. The van der Waals surface area contributed by atoms with Crippen LogP contribution in [0, 0.1) is 0 Å². The molecule has 57 heavy (non-hydrogen) atoms. The topological polar surface area (TPSA) is 21.3 Å². The van der Waals surface area contributed by atoms with Gasteiger partial charge in [-0.2, -0.15) is 0 Å². The molecule has 2 heterocycles. The van der Waals surface area contributed by atoms with Crippen molar-refractivity contribution in [3.05, 3.63) is 192 Å². The van der Waals surface area contributed by atoms with Crippen molar-refractivity contribution >= 4 is 60.7 Å². The second-order valence-electron chi connectivity index (χ2n) is 16.9. The smallest absolute Gasteiger partial charge is 0.137 e. The van der Waals surface area contributed by atoms with Crippen molar-refractivity contribution in [2.24, 2.45) is 0 Å². The summed E-state index contributed by atoms with van der Waals surface area (Å²) in [4.78, 5) is 2.42. The van der Waals surface area contributed by atoms with Gasteiger partial charge in [0.1, 0.15) is 11.2 Å². The zero-order valence-corrected chi connectivity index (χ0v) is 32.5. The second-order valence-corrected chi connectivity index (χ2v) is 16.9. The molecule has 0 amide bonds. The number of benzene rings is 8. The summed E-state index contributed by atoms with van der Waals surface area (Å²) in [5.74, 6) is 0. The lowest BCUT2D eigenvalue weighted by Crippen LogP contribution is -2.15. The molecule has 0 atom stereocenters. The third-order valence-electron chi connectivity index (χ3n) is 13.1. The first-order valence-electron chi connectivity index (χ1n) is 20.0. The van der Waals surface area contributed by atoms with Gasteiger partial charge in [-0.15, -0.1) is 0 Å². The van der Waals surface area contributed by atoms with E-state index in [4.69, 9.17) is 4.42 Å². The highest BCUT2D eigenvalue weighted by atomic mass is 16.3. The molecule has 2 aliphatic carbocycles. The monoisotopic (exact) mass is 732 g/mol. The molecule has 8 aromatic carbocycles. The molecule has 3 nitrogen and oxygen atoms in total. The summed E-state index contributed by atoms with van der Waals surface area (Å²) in [6, 6.07) is 62.3. The Morgan fingerprint density at radius 1 is 0.491 bits per heavy atom. The van der Waals surface area contributed by atoms with Crippen LogP contribution in [0.2, 0.25) is 0 Å². The predicted molar refractivity (Wildman–Crippen MR) is 238 cm³/mol. The number of fused-ring (bicyclic) bond motifs is 13. The van der Waals surface area contributed by atoms with E-state index in [1.165, 1.54) is 66.3 Å². The quantitative estimate of drug-likeness (QED) is 0.180. The lowest BCUT2D eigenvalue weighted by molar-refractivity contribution is 0.658. The Balaban J connectivity index is 1.14. The Morgan fingerprint density at radius 3 is 2.09 bits per heavy atom. The van der Waals surface area contributed by atoms with Crippen LogP contribution < -0.4 is 4.90 Å². The Morgan fingerprint density at radius 2 is 1.25 bits per heavy atom. The highest BCUT2D eigenvalue weighted by molar-refractivity contribution is 6.15. The van der Waals surface area contributed by atoms with Crippen LogP contribution in [-0.2, 0) is 10.8 Å². The van der Waals surface area contributed by atoms with Gasteiger partial charge in [0.05, 0.1) is 22.3 Å². The van der Waals surface area contributed by atoms with Crippen LogP contribution >= 0.6 is 0 Å². The van der Waals surface area contributed by atoms with E-state index < -0.39 is 0 Å². The molecular weight excluding hydrogens is 693 g/mol. The average Bonchev–Trinajstić information content (AvgIpc) is 3.92. The summed E-state index contributed by atoms with van der Waals surface area (Å²) in [5.41, 5.74) is 17.8. The van der Waals surface area contributed by atoms with Gasteiger partial charge in [0.2, 0.25) is 0 Å². The number of nitrogens with zero attached hydrogens (tertiary/aromatic N) is 2. The van der Waals surface area contributed by atoms with E-state index in [0.717, 1.165) is 44.7 Å². The first-order valence-corrected chi connectivity index (χ1v) is 20.0. The zero-order valence-electron chi connectivity index (χ0n) is 32.5. The molecule has 272 valence electrons. The molecule has 0 aliphatic heterocycles. The highest BCUT2D eigenvalue weighted by Crippen LogP contribution is 2.57. The van der Waals surface area contributed by atoms with Crippen LogP contribution in [-0.4, -0.2) is 4.57 Å². The molecule has 12 rings (SSSR count). The van der Waals surface area contributed by atoms with Crippen LogP contribution in [0.25, 0.3) is 71.7 Å². The Bertz CT molecular complexity index is 3290. The Kier molecular flexibility index (Phi) is 6.46. The third kappa shape index (κ3) is 4.32. The van der Waals surface area contributed by atoms with Crippen molar-refractivity contribution in [1.29, 1.82) is 0 Å². The summed E-state index contributed by atoms with van der Waals surface area (Å²) in [7, 11) is 0. The van der Waals surface area contributed by atoms with Crippen molar-refractivity contribution in [2.75, 3.05) is 4.90 Å². The van der Waals surface area contributed by atoms with Gasteiger partial charge >= 0.3 is 0 Å². The normalized spacial score (nSPS) is 14.6. The number of aromatic nitrogens is 1. The van der Waals surface area contributed by atoms with Gasteiger partial charge in [-0.1, -0.05) is 137 Å². The summed E-state index contributed by atoms with van der Waals surface area (Å²) in [6.45, 7) is 9.49. The fraction of sp³-hybridized carbons (Fsp3) is 0.111. The molecule has 3 heteroatoms. The van der Waals surface area contributed by atoms with Crippen molar-refractivity contribution in [2.45, 2.75) is 38.5 Å². The lowest BCUT2D eigenvalue weighted by Gasteiger charge is -2.27. The maximum Gasteiger partial charge on any atom is 0.137 e. The van der Waals surface area contributed by atoms with E-state index in [2.05, 4.69) is 207 Å². The first kappa shape index (κ1) is 32.4. The first-order chi connectivity index (χ1) is 27.8. The molecular formula is C54H40N2O. The van der Waals surface area contributed by atoms with E-state index in [1.807, 2.05) is 0 Å². The van der Waals surface area contributed by atoms with Crippen LogP contribution in [0.3, 0.4) is 0 Å². The fourth-order valence-electron chi connectivity index (χ4n) is 10.5. The second kappa shape index (κ2) is 11.4. The van der Waals surface area contributed by atoms with Crippen molar-refractivity contribution in [3.8, 4) is 28.1 Å². The molecule has 0 N–H and O–H groups in total. The summed E-state index contributed by atoms with van der Waals surface area (Å²) < 4.78 is 9.29. The van der Waals surface area contributed by atoms with Crippen LogP contribution in [0.1, 0.15) is 49.9 Å². The summed E-state index contributed by atoms with van der Waals surface area (Å²) >= 11 is 0. The molecule has 0 fully saturated rings. The summed E-state index contributed by atoms with van der Waals surface area (Å²) in [5, 5.41) is 6.09. The average molecular weight is 733 g/mol. The predicted octanol–water partition coefficient (Wildman–Crippen LogP) is 14.8. The summed E-state index contributed by atoms with van der Waals surface area (Å²) in [6.07, 6.45) is 0. The van der Waals surface area contributed by atoms with Gasteiger partial charge in [0, 0.05) is 44.2 Å². The SMILES string of the molecule is CC1(C)c2ccccc2-c2cc3oc4cccc(N(c5ccccc5)c5ccc6c7c(n(-c8ccccc8)c6c5)-c5c(ccc6ccccc56)C7(C)C)c4c3cc21. The van der Waals surface area contributed by atoms with Gasteiger partial charge in [-0.05, 0) is 105 Å². The minimum atomic E-state index is -0.192. The Labute approximate surface area is 332 Å². The minimum absolute atomic E-state index is 0.121. The lowest BCUT2D eigenvalue weighted by atomic mass is 9.81. The number of hydrogen-bond acceptors (Lipinski definition) is 2. The molecule has 2 aromatic heterocycles. The zero-order chi connectivity index (χ0) is 38.2. The van der Waals surface area contributed by atoms with E-state index in [1.54, 1.807) is 0 Å². The van der Waals surface area contributed by atoms with Crippen LogP contribution in [0.4, 0.5) is 17.1 Å². The third-order valence-corrected chi connectivity index (χ3v) is 13.1. The molecule has 0 radical (unpaired) electrons. The molecule has 2 aliphatic rings. The fourth-order valence-corrected chi connectivity index (χ4v) is 10.5. The van der Waals surface area contributed by atoms with Crippen LogP contribution in [0.15, 0.2) is 174 Å². The van der Waals surface area contributed by atoms with Crippen molar-refractivity contribution in [3.63, 3.8) is 0 Å². The van der Waals surface area contributed by atoms with Gasteiger partial charge in [-0.3, -0.25) is 0 Å². The number of hydrogen-bond donors (Lipinski definition) is 0. The van der Waals surface area contributed by atoms with Gasteiger partial charge in [0.25, 0.3) is 0 Å². The van der Waals surface area contributed by atoms with Gasteiger partial charge < -0.3 is 13.9 Å². The molecule has 0 saturated carbocycles. The Hall–Kier alpha value is -6.84. The van der Waals surface area contributed by atoms with Gasteiger partial charge in [0.15, 0.2) is 0 Å². The molecule has 0 spiro atoms. The molecule has 0 saturated heterocycles. The maximum atomic E-state index is 6.77. The van der Waals surface area contributed by atoms with E-state index >= 15 is 0 Å².